The fourth-order valence-electron chi connectivity index (χ4n) is 7.87. The van der Waals surface area contributed by atoms with Crippen LogP contribution in [0.1, 0.15) is 22.3 Å². The molecule has 0 atom stereocenters. The van der Waals surface area contributed by atoms with Gasteiger partial charge in [-0.25, -0.2) is 9.97 Å². The van der Waals surface area contributed by atoms with Crippen molar-refractivity contribution < 1.29 is 4.74 Å². The lowest BCUT2D eigenvalue weighted by Crippen LogP contribution is -2.32. The van der Waals surface area contributed by atoms with Gasteiger partial charge < -0.3 is 4.74 Å². The second-order valence-electron chi connectivity index (χ2n) is 12.7. The van der Waals surface area contributed by atoms with Crippen molar-refractivity contribution in [1.29, 1.82) is 0 Å². The summed E-state index contributed by atoms with van der Waals surface area (Å²) >= 11 is 0. The van der Waals surface area contributed by atoms with Crippen LogP contribution >= 0.6 is 0 Å². The van der Waals surface area contributed by atoms with Gasteiger partial charge in [0.1, 0.15) is 11.5 Å². The number of rotatable bonds is 4. The van der Waals surface area contributed by atoms with Crippen LogP contribution in [0.15, 0.2) is 176 Å². The van der Waals surface area contributed by atoms with E-state index in [1.54, 1.807) is 0 Å². The summed E-state index contributed by atoms with van der Waals surface area (Å²) in [6.07, 6.45) is 1.82. The van der Waals surface area contributed by atoms with E-state index >= 15 is 0 Å². The first kappa shape index (κ1) is 28.4. The molecule has 0 saturated heterocycles. The maximum Gasteiger partial charge on any atom is 0.160 e. The molecule has 3 heterocycles. The Balaban J connectivity index is 1.21. The van der Waals surface area contributed by atoms with E-state index < -0.39 is 5.41 Å². The van der Waals surface area contributed by atoms with Crippen LogP contribution in [0.3, 0.4) is 0 Å². The Morgan fingerprint density at radius 2 is 0.980 bits per heavy atom. The number of hydrogen-bond donors (Lipinski definition) is 0. The van der Waals surface area contributed by atoms with Gasteiger partial charge in [0, 0.05) is 39.6 Å². The van der Waals surface area contributed by atoms with Gasteiger partial charge in [0.25, 0.3) is 0 Å². The number of para-hydroxylation sites is 2. The molecule has 0 saturated carbocycles. The maximum absolute atomic E-state index is 6.97. The second-order valence-corrected chi connectivity index (χ2v) is 12.7. The molecule has 0 fully saturated rings. The molecule has 6 aromatic carbocycles. The Kier molecular flexibility index (Phi) is 6.36. The van der Waals surface area contributed by atoms with Gasteiger partial charge in [-0.1, -0.05) is 140 Å². The van der Waals surface area contributed by atoms with Crippen molar-refractivity contribution in [2.75, 3.05) is 0 Å². The summed E-state index contributed by atoms with van der Waals surface area (Å²) in [5.41, 5.74) is 13.2. The summed E-state index contributed by atoms with van der Waals surface area (Å²) in [6, 6.07) is 59.2. The van der Waals surface area contributed by atoms with Crippen LogP contribution in [0.25, 0.3) is 56.3 Å². The number of hydrogen-bond acceptors (Lipinski definition) is 4. The summed E-state index contributed by atoms with van der Waals surface area (Å²) < 4.78 is 6.97. The Labute approximate surface area is 290 Å². The topological polar surface area (TPSA) is 47.9 Å². The number of aromatic nitrogens is 3. The average molecular weight is 640 g/mol. The molecule has 1 aliphatic carbocycles. The Hall–Kier alpha value is -6.65. The average Bonchev–Trinajstić information content (AvgIpc) is 3.49. The summed E-state index contributed by atoms with van der Waals surface area (Å²) in [6.45, 7) is 0. The van der Waals surface area contributed by atoms with Crippen LogP contribution in [0.5, 0.6) is 11.5 Å². The van der Waals surface area contributed by atoms with Gasteiger partial charge in [0.05, 0.1) is 22.5 Å². The molecule has 0 unspecified atom stereocenters. The van der Waals surface area contributed by atoms with E-state index in [1.807, 2.05) is 42.6 Å². The van der Waals surface area contributed by atoms with Gasteiger partial charge >= 0.3 is 0 Å². The van der Waals surface area contributed by atoms with E-state index in [0.717, 1.165) is 62.0 Å². The third-order valence-corrected chi connectivity index (χ3v) is 10.0. The van der Waals surface area contributed by atoms with Gasteiger partial charge in [-0.15, -0.1) is 0 Å². The molecule has 50 heavy (non-hydrogen) atoms. The first-order valence-electron chi connectivity index (χ1n) is 16.9. The standard InChI is InChI=1S/C46H29N3O/c1-2-13-32(14-3-1)45-48-41(31-26-24-30(25-27-31)40-22-10-11-28-47-40)29-42(49-45)35-17-12-21-39-44(35)50-43-23-9-8-20-38(43)46(39)36-18-6-4-15-33(36)34-16-5-7-19-37(34)46/h1-29H. The van der Waals surface area contributed by atoms with Gasteiger partial charge in [0.15, 0.2) is 5.82 Å². The van der Waals surface area contributed by atoms with Crippen molar-refractivity contribution in [1.82, 2.24) is 15.0 Å². The van der Waals surface area contributed by atoms with E-state index in [9.17, 15) is 0 Å². The molecule has 2 aliphatic rings. The highest BCUT2D eigenvalue weighted by molar-refractivity contribution is 5.90. The van der Waals surface area contributed by atoms with E-state index in [0.29, 0.717) is 5.82 Å². The van der Waals surface area contributed by atoms with Crippen LogP contribution in [0.2, 0.25) is 0 Å². The zero-order chi connectivity index (χ0) is 33.1. The minimum atomic E-state index is -0.549. The monoisotopic (exact) mass is 639 g/mol. The van der Waals surface area contributed by atoms with E-state index in [4.69, 9.17) is 14.7 Å². The van der Waals surface area contributed by atoms with E-state index in [-0.39, 0.29) is 0 Å². The summed E-state index contributed by atoms with van der Waals surface area (Å²) in [5.74, 6) is 2.32. The SMILES string of the molecule is c1ccc(-c2nc(-c3ccc(-c4ccccn4)cc3)cc(-c3cccc4c3Oc3ccccc3C43c4ccccc4-c4ccccc43)n2)cc1. The number of pyridine rings is 1. The highest BCUT2D eigenvalue weighted by Crippen LogP contribution is 2.63. The van der Waals surface area contributed by atoms with Crippen LogP contribution < -0.4 is 4.74 Å². The number of fused-ring (bicyclic) bond motifs is 9. The normalized spacial score (nSPS) is 13.1. The van der Waals surface area contributed by atoms with Gasteiger partial charge in [0.2, 0.25) is 0 Å². The van der Waals surface area contributed by atoms with Gasteiger partial charge in [-0.3, -0.25) is 4.98 Å². The van der Waals surface area contributed by atoms with Crippen LogP contribution in [-0.4, -0.2) is 15.0 Å². The predicted octanol–water partition coefficient (Wildman–Crippen LogP) is 11.0. The molecule has 4 heteroatoms. The van der Waals surface area contributed by atoms with Crippen molar-refractivity contribution in [3.8, 4) is 67.8 Å². The second kappa shape index (κ2) is 11.2. The van der Waals surface area contributed by atoms with Crippen molar-refractivity contribution in [3.63, 3.8) is 0 Å². The minimum absolute atomic E-state index is 0.549. The van der Waals surface area contributed by atoms with Crippen LogP contribution in [0.4, 0.5) is 0 Å². The predicted molar refractivity (Wildman–Crippen MR) is 199 cm³/mol. The molecule has 0 bridgehead atoms. The summed E-state index contributed by atoms with van der Waals surface area (Å²) in [7, 11) is 0. The fourth-order valence-corrected chi connectivity index (χ4v) is 7.87. The van der Waals surface area contributed by atoms with Crippen molar-refractivity contribution in [3.05, 3.63) is 198 Å². The van der Waals surface area contributed by atoms with Crippen molar-refractivity contribution in [2.24, 2.45) is 0 Å². The molecule has 1 aliphatic heterocycles. The van der Waals surface area contributed by atoms with Gasteiger partial charge in [-0.2, -0.15) is 0 Å². The smallest absolute Gasteiger partial charge is 0.160 e. The highest BCUT2D eigenvalue weighted by Gasteiger charge is 2.51. The quantitative estimate of drug-likeness (QED) is 0.192. The Morgan fingerprint density at radius 3 is 1.70 bits per heavy atom. The zero-order valence-corrected chi connectivity index (χ0v) is 27.0. The molecule has 10 rings (SSSR count). The molecular formula is C46H29N3O. The lowest BCUT2D eigenvalue weighted by molar-refractivity contribution is 0.438. The molecule has 4 nitrogen and oxygen atoms in total. The Bertz CT molecular complexity index is 2520. The number of benzene rings is 6. The molecule has 8 aromatic rings. The molecule has 0 N–H and O–H groups in total. The fraction of sp³-hybridized carbons (Fsp3) is 0.0217. The molecule has 0 amide bonds. The number of nitrogens with zero attached hydrogens (tertiary/aromatic N) is 3. The van der Waals surface area contributed by atoms with Gasteiger partial charge in [-0.05, 0) is 52.6 Å². The third kappa shape index (κ3) is 4.22. The Morgan fingerprint density at radius 1 is 0.400 bits per heavy atom. The molecule has 234 valence electrons. The van der Waals surface area contributed by atoms with E-state index in [2.05, 4.69) is 138 Å². The summed E-state index contributed by atoms with van der Waals surface area (Å²) in [5, 5.41) is 0. The zero-order valence-electron chi connectivity index (χ0n) is 27.0. The minimum Gasteiger partial charge on any atom is -0.456 e. The molecule has 1 spiro atoms. The first-order chi connectivity index (χ1) is 24.8. The first-order valence-corrected chi connectivity index (χ1v) is 16.9. The number of ether oxygens (including phenoxy) is 1. The van der Waals surface area contributed by atoms with Crippen LogP contribution in [-0.2, 0) is 5.41 Å². The lowest BCUT2D eigenvalue weighted by atomic mass is 9.65. The molecule has 2 aromatic heterocycles. The van der Waals surface area contributed by atoms with Crippen LogP contribution in [0, 0.1) is 0 Å². The largest absolute Gasteiger partial charge is 0.456 e. The highest BCUT2D eigenvalue weighted by atomic mass is 16.5. The third-order valence-electron chi connectivity index (χ3n) is 10.0. The molecule has 0 radical (unpaired) electrons. The molecular weight excluding hydrogens is 611 g/mol. The van der Waals surface area contributed by atoms with E-state index in [1.165, 1.54) is 22.3 Å². The van der Waals surface area contributed by atoms with Crippen molar-refractivity contribution in [2.45, 2.75) is 5.41 Å². The lowest BCUT2D eigenvalue weighted by Gasteiger charge is -2.40. The maximum atomic E-state index is 6.97. The van der Waals surface area contributed by atoms with Crippen molar-refractivity contribution >= 4 is 0 Å². The summed E-state index contributed by atoms with van der Waals surface area (Å²) in [4.78, 5) is 14.9.